The van der Waals surface area contributed by atoms with E-state index in [4.69, 9.17) is 9.29 Å². The lowest BCUT2D eigenvalue weighted by Gasteiger charge is -2.05. The molecular formula is C8H9NO5S. The molecule has 0 heterocycles. The average Bonchev–Trinajstić information content (AvgIpc) is 2.16. The number of ether oxygens (including phenoxy) is 1. The normalized spacial score (nSPS) is 12.1. The summed E-state index contributed by atoms with van der Waals surface area (Å²) in [6, 6.07) is 3.91. The van der Waals surface area contributed by atoms with E-state index < -0.39 is 16.0 Å². The molecule has 1 unspecified atom stereocenters. The van der Waals surface area contributed by atoms with Crippen molar-refractivity contribution in [3.8, 4) is 5.75 Å². The Balaban J connectivity index is 3.12. The molecule has 0 saturated carbocycles. The third-order valence-corrected chi connectivity index (χ3v) is 2.31. The van der Waals surface area contributed by atoms with Gasteiger partial charge in [0.2, 0.25) is 0 Å². The number of non-ortho nitro benzene ring substituents is 1. The Kier molecular flexibility index (Phi) is 3.75. The molecule has 0 aliphatic carbocycles. The van der Waals surface area contributed by atoms with Crippen molar-refractivity contribution in [2.45, 2.75) is 5.75 Å². The summed E-state index contributed by atoms with van der Waals surface area (Å²) in [5.41, 5.74) is 0.212. The van der Waals surface area contributed by atoms with Crippen molar-refractivity contribution in [2.24, 2.45) is 0 Å². The largest absolute Gasteiger partial charge is 0.496 e. The molecule has 15 heavy (non-hydrogen) atoms. The zero-order valence-electron chi connectivity index (χ0n) is 7.87. The van der Waals surface area contributed by atoms with Gasteiger partial charge in [-0.25, -0.2) is 4.21 Å². The maximum atomic E-state index is 10.6. The number of hydrogen-bond donors (Lipinski definition) is 1. The number of methoxy groups -OCH3 is 1. The molecule has 0 aliphatic heterocycles. The molecular weight excluding hydrogens is 222 g/mol. The number of benzene rings is 1. The van der Waals surface area contributed by atoms with Crippen LogP contribution in [0.3, 0.4) is 0 Å². The van der Waals surface area contributed by atoms with E-state index in [1.807, 2.05) is 0 Å². The number of rotatable bonds is 4. The van der Waals surface area contributed by atoms with E-state index in [-0.39, 0.29) is 11.4 Å². The standard InChI is InChI=1S/C8H9NO5S/c1-14-8-3-2-7(9(10)11)4-6(8)5-15(12)13/h2-4H,5H2,1H3,(H,12,13). The van der Waals surface area contributed by atoms with Gasteiger partial charge >= 0.3 is 0 Å². The van der Waals surface area contributed by atoms with Gasteiger partial charge in [-0.05, 0) is 6.07 Å². The van der Waals surface area contributed by atoms with Crippen molar-refractivity contribution in [3.63, 3.8) is 0 Å². The smallest absolute Gasteiger partial charge is 0.270 e. The van der Waals surface area contributed by atoms with Crippen LogP contribution >= 0.6 is 0 Å². The molecule has 1 atom stereocenters. The lowest BCUT2D eigenvalue weighted by molar-refractivity contribution is -0.384. The molecule has 0 amide bonds. The van der Waals surface area contributed by atoms with Crippen LogP contribution in [0.1, 0.15) is 5.56 Å². The first-order valence-electron chi connectivity index (χ1n) is 3.93. The van der Waals surface area contributed by atoms with Gasteiger partial charge in [0, 0.05) is 17.7 Å². The molecule has 0 spiro atoms. The highest BCUT2D eigenvalue weighted by Gasteiger charge is 2.12. The molecule has 0 aliphatic rings. The Bertz CT molecular complexity index is 406. The highest BCUT2D eigenvalue weighted by Crippen LogP contribution is 2.24. The second kappa shape index (κ2) is 4.85. The van der Waals surface area contributed by atoms with E-state index in [0.29, 0.717) is 11.3 Å². The first kappa shape index (κ1) is 11.6. The zero-order chi connectivity index (χ0) is 11.4. The minimum absolute atomic E-state index is 0.128. The molecule has 7 heteroatoms. The van der Waals surface area contributed by atoms with Gasteiger partial charge in [0.05, 0.1) is 17.8 Å². The summed E-state index contributed by atoms with van der Waals surface area (Å²) in [7, 11) is 1.39. The molecule has 1 N–H and O–H groups in total. The van der Waals surface area contributed by atoms with Crippen molar-refractivity contribution >= 4 is 16.8 Å². The van der Waals surface area contributed by atoms with Crippen LogP contribution in [0.4, 0.5) is 5.69 Å². The molecule has 6 nitrogen and oxygen atoms in total. The van der Waals surface area contributed by atoms with Crippen LogP contribution in [0.15, 0.2) is 18.2 Å². The second-order valence-electron chi connectivity index (χ2n) is 2.72. The fourth-order valence-corrected chi connectivity index (χ4v) is 1.62. The van der Waals surface area contributed by atoms with Crippen LogP contribution in [0.2, 0.25) is 0 Å². The summed E-state index contributed by atoms with van der Waals surface area (Å²) in [5, 5.41) is 10.5. The Morgan fingerprint density at radius 3 is 2.73 bits per heavy atom. The van der Waals surface area contributed by atoms with E-state index in [9.17, 15) is 14.3 Å². The maximum absolute atomic E-state index is 10.6. The highest BCUT2D eigenvalue weighted by atomic mass is 32.2. The fourth-order valence-electron chi connectivity index (χ4n) is 1.12. The summed E-state index contributed by atoms with van der Waals surface area (Å²) in [5.74, 6) is 0.174. The average molecular weight is 231 g/mol. The maximum Gasteiger partial charge on any atom is 0.270 e. The van der Waals surface area contributed by atoms with E-state index in [1.54, 1.807) is 0 Å². The van der Waals surface area contributed by atoms with Crippen LogP contribution in [-0.4, -0.2) is 20.8 Å². The highest BCUT2D eigenvalue weighted by molar-refractivity contribution is 7.78. The molecule has 1 rings (SSSR count). The van der Waals surface area contributed by atoms with E-state index in [1.165, 1.54) is 25.3 Å². The second-order valence-corrected chi connectivity index (χ2v) is 3.65. The van der Waals surface area contributed by atoms with E-state index >= 15 is 0 Å². The minimum atomic E-state index is -2.05. The van der Waals surface area contributed by atoms with Gasteiger partial charge < -0.3 is 9.29 Å². The summed E-state index contributed by atoms with van der Waals surface area (Å²) in [6.45, 7) is 0. The van der Waals surface area contributed by atoms with Gasteiger partial charge in [-0.3, -0.25) is 10.1 Å². The Morgan fingerprint density at radius 2 is 2.27 bits per heavy atom. The van der Waals surface area contributed by atoms with Crippen molar-refractivity contribution < 1.29 is 18.4 Å². The van der Waals surface area contributed by atoms with Crippen LogP contribution in [0, 0.1) is 10.1 Å². The Hall–Kier alpha value is -1.47. The quantitative estimate of drug-likeness (QED) is 0.479. The molecule has 0 saturated heterocycles. The van der Waals surface area contributed by atoms with Gasteiger partial charge in [0.15, 0.2) is 11.1 Å². The minimum Gasteiger partial charge on any atom is -0.496 e. The summed E-state index contributed by atoms with van der Waals surface area (Å²) < 4.78 is 24.2. The van der Waals surface area contributed by atoms with Crippen molar-refractivity contribution in [3.05, 3.63) is 33.9 Å². The molecule has 1 aromatic carbocycles. The van der Waals surface area contributed by atoms with Crippen LogP contribution in [0.25, 0.3) is 0 Å². The van der Waals surface area contributed by atoms with Crippen LogP contribution in [0.5, 0.6) is 5.75 Å². The van der Waals surface area contributed by atoms with Gasteiger partial charge in [0.1, 0.15) is 5.75 Å². The molecule has 0 fully saturated rings. The number of hydrogen-bond acceptors (Lipinski definition) is 4. The third-order valence-electron chi connectivity index (χ3n) is 1.75. The fraction of sp³-hybridized carbons (Fsp3) is 0.250. The molecule has 0 bridgehead atoms. The lowest BCUT2D eigenvalue weighted by atomic mass is 10.2. The molecule has 0 radical (unpaired) electrons. The summed E-state index contributed by atoms with van der Waals surface area (Å²) in [4.78, 5) is 9.90. The Labute approximate surface area is 88.3 Å². The van der Waals surface area contributed by atoms with Crippen LogP contribution < -0.4 is 4.74 Å². The number of nitro groups is 1. The third kappa shape index (κ3) is 3.00. The number of nitro benzene ring substituents is 1. The molecule has 1 aromatic rings. The van der Waals surface area contributed by atoms with E-state index in [2.05, 4.69) is 0 Å². The van der Waals surface area contributed by atoms with Crippen LogP contribution in [-0.2, 0) is 16.8 Å². The van der Waals surface area contributed by atoms with Gasteiger partial charge in [0.25, 0.3) is 5.69 Å². The van der Waals surface area contributed by atoms with Crippen molar-refractivity contribution in [2.75, 3.05) is 7.11 Å². The zero-order valence-corrected chi connectivity index (χ0v) is 8.69. The van der Waals surface area contributed by atoms with Crippen molar-refractivity contribution in [1.29, 1.82) is 0 Å². The predicted octanol–water partition coefficient (Wildman–Crippen LogP) is 1.33. The first-order valence-corrected chi connectivity index (χ1v) is 5.21. The van der Waals surface area contributed by atoms with Crippen molar-refractivity contribution in [1.82, 2.24) is 0 Å². The Morgan fingerprint density at radius 1 is 1.60 bits per heavy atom. The predicted molar refractivity (Wildman–Crippen MR) is 54.1 cm³/mol. The SMILES string of the molecule is COc1ccc([N+](=O)[O-])cc1CS(=O)O. The number of nitrogens with zero attached hydrogens (tertiary/aromatic N) is 1. The van der Waals surface area contributed by atoms with Gasteiger partial charge in [-0.15, -0.1) is 0 Å². The molecule has 0 aromatic heterocycles. The van der Waals surface area contributed by atoms with Gasteiger partial charge in [-0.1, -0.05) is 0 Å². The first-order chi connectivity index (χ1) is 7.04. The summed E-state index contributed by atoms with van der Waals surface area (Å²) >= 11 is -2.05. The monoisotopic (exact) mass is 231 g/mol. The topological polar surface area (TPSA) is 89.7 Å². The molecule has 82 valence electrons. The summed E-state index contributed by atoms with van der Waals surface area (Å²) in [6.07, 6.45) is 0. The lowest BCUT2D eigenvalue weighted by Crippen LogP contribution is -1.98. The van der Waals surface area contributed by atoms with E-state index in [0.717, 1.165) is 0 Å². The van der Waals surface area contributed by atoms with Gasteiger partial charge in [-0.2, -0.15) is 0 Å².